The van der Waals surface area contributed by atoms with Crippen molar-refractivity contribution in [3.63, 3.8) is 0 Å². The third kappa shape index (κ3) is 2.20. The Morgan fingerprint density at radius 2 is 2.17 bits per heavy atom. The summed E-state index contributed by atoms with van der Waals surface area (Å²) in [6.07, 6.45) is -1.00. The molecule has 2 heterocycles. The number of nitrogens with zero attached hydrogens (tertiary/aromatic N) is 3. The van der Waals surface area contributed by atoms with Gasteiger partial charge >= 0.3 is 7.60 Å². The van der Waals surface area contributed by atoms with Crippen LogP contribution in [0.5, 0.6) is 0 Å². The standard InChI is InChI=1S/C13H16ClN4O5P/c14-7-1-6(15)8-12(17-7)18(4-16-8)9-5-2-13(5,3-24(21,22)23)11(20)10(9)19/h1,4-5,9-11,19-20H,2-3H2,(H2,15,17)(H2,21,22,23)/t5-,9-,10-,11-,13-/m1/s1. The van der Waals surface area contributed by atoms with Crippen molar-refractivity contribution in [3.05, 3.63) is 17.5 Å². The normalized spacial score (nSPS) is 35.4. The molecule has 2 aliphatic carbocycles. The van der Waals surface area contributed by atoms with E-state index in [1.165, 1.54) is 12.4 Å². The van der Waals surface area contributed by atoms with Gasteiger partial charge < -0.3 is 30.3 Å². The number of nitrogen functional groups attached to an aromatic ring is 1. The molecule has 2 fully saturated rings. The van der Waals surface area contributed by atoms with Crippen molar-refractivity contribution < 1.29 is 24.6 Å². The number of hydrogen-bond acceptors (Lipinski definition) is 6. The van der Waals surface area contributed by atoms with Gasteiger partial charge in [-0.3, -0.25) is 4.57 Å². The number of aliphatic hydroxyl groups excluding tert-OH is 2. The zero-order valence-corrected chi connectivity index (χ0v) is 14.0. The third-order valence-corrected chi connectivity index (χ3v) is 6.40. The van der Waals surface area contributed by atoms with E-state index in [2.05, 4.69) is 9.97 Å². The molecule has 0 amide bonds. The molecule has 0 unspecified atom stereocenters. The van der Waals surface area contributed by atoms with Crippen LogP contribution in [0.1, 0.15) is 12.5 Å². The maximum Gasteiger partial charge on any atom is 0.326 e. The SMILES string of the molecule is Nc1cc(Cl)nc2c1ncn2[C@H]1[C@@H](O)[C@@H](O)[C@@]2(CP(=O)(O)O)C[C@H]12. The molecule has 2 aliphatic rings. The Morgan fingerprint density at radius 1 is 1.46 bits per heavy atom. The average Bonchev–Trinajstić information content (AvgIpc) is 2.90. The first-order valence-corrected chi connectivity index (χ1v) is 9.51. The molecular weight excluding hydrogens is 359 g/mol. The Morgan fingerprint density at radius 3 is 2.83 bits per heavy atom. The zero-order valence-electron chi connectivity index (χ0n) is 12.3. The molecule has 0 aliphatic heterocycles. The first kappa shape index (κ1) is 16.3. The largest absolute Gasteiger partial charge is 0.397 e. The number of aromatic nitrogens is 3. The van der Waals surface area contributed by atoms with Crippen molar-refractivity contribution >= 4 is 36.0 Å². The minimum absolute atomic E-state index is 0.173. The quantitative estimate of drug-likeness (QED) is 0.375. The number of halogens is 1. The number of nitrogens with two attached hydrogens (primary N) is 1. The Balaban J connectivity index is 1.78. The van der Waals surface area contributed by atoms with Crippen molar-refractivity contribution in [1.82, 2.24) is 14.5 Å². The van der Waals surface area contributed by atoms with Crippen LogP contribution in [0.2, 0.25) is 5.15 Å². The summed E-state index contributed by atoms with van der Waals surface area (Å²) in [7, 11) is -4.32. The van der Waals surface area contributed by atoms with Gasteiger partial charge in [0.15, 0.2) is 5.65 Å². The topological polar surface area (TPSA) is 155 Å². The van der Waals surface area contributed by atoms with Crippen LogP contribution in [0.3, 0.4) is 0 Å². The van der Waals surface area contributed by atoms with Gasteiger partial charge in [0.25, 0.3) is 0 Å². The minimum atomic E-state index is -4.32. The van der Waals surface area contributed by atoms with Crippen LogP contribution in [0.15, 0.2) is 12.4 Å². The number of fused-ring (bicyclic) bond motifs is 2. The first-order chi connectivity index (χ1) is 11.1. The molecule has 2 saturated carbocycles. The molecule has 0 saturated heterocycles. The molecule has 0 radical (unpaired) electrons. The fraction of sp³-hybridized carbons (Fsp3) is 0.538. The summed E-state index contributed by atoms with van der Waals surface area (Å²) in [4.78, 5) is 27.0. The van der Waals surface area contributed by atoms with Crippen molar-refractivity contribution in [1.29, 1.82) is 0 Å². The van der Waals surface area contributed by atoms with Crippen molar-refractivity contribution in [2.45, 2.75) is 24.7 Å². The van der Waals surface area contributed by atoms with Crippen LogP contribution >= 0.6 is 19.2 Å². The maximum atomic E-state index is 11.4. The van der Waals surface area contributed by atoms with Gasteiger partial charge in [0.1, 0.15) is 16.8 Å². The first-order valence-electron chi connectivity index (χ1n) is 7.33. The molecule has 2 aromatic heterocycles. The predicted molar refractivity (Wildman–Crippen MR) is 85.5 cm³/mol. The Kier molecular flexibility index (Phi) is 3.32. The van der Waals surface area contributed by atoms with E-state index in [4.69, 9.17) is 17.3 Å². The minimum Gasteiger partial charge on any atom is -0.397 e. The van der Waals surface area contributed by atoms with E-state index in [9.17, 15) is 24.6 Å². The average molecular weight is 375 g/mol. The molecule has 0 bridgehead atoms. The lowest BCUT2D eigenvalue weighted by Crippen LogP contribution is -2.35. The van der Waals surface area contributed by atoms with Crippen LogP contribution in [0.25, 0.3) is 11.2 Å². The van der Waals surface area contributed by atoms with E-state index >= 15 is 0 Å². The fourth-order valence-corrected chi connectivity index (χ4v) is 5.67. The molecule has 2 aromatic rings. The van der Waals surface area contributed by atoms with Gasteiger partial charge in [0.2, 0.25) is 0 Å². The highest BCUT2D eigenvalue weighted by Crippen LogP contribution is 2.71. The van der Waals surface area contributed by atoms with Gasteiger partial charge in [-0.2, -0.15) is 0 Å². The molecule has 0 aromatic carbocycles. The van der Waals surface area contributed by atoms with Crippen LogP contribution < -0.4 is 5.73 Å². The molecule has 9 nitrogen and oxygen atoms in total. The summed E-state index contributed by atoms with van der Waals surface area (Å²) in [6.45, 7) is 0. The number of imidazole rings is 1. The van der Waals surface area contributed by atoms with Crippen LogP contribution in [-0.2, 0) is 4.57 Å². The highest BCUT2D eigenvalue weighted by atomic mass is 35.5. The Bertz CT molecular complexity index is 885. The number of pyridine rings is 1. The van der Waals surface area contributed by atoms with E-state index in [-0.39, 0.29) is 11.1 Å². The van der Waals surface area contributed by atoms with Crippen LogP contribution in [0, 0.1) is 11.3 Å². The molecular formula is C13H16ClN4O5P. The van der Waals surface area contributed by atoms with E-state index in [0.29, 0.717) is 23.3 Å². The summed E-state index contributed by atoms with van der Waals surface area (Å²) in [5, 5.41) is 21.0. The van der Waals surface area contributed by atoms with Crippen molar-refractivity contribution in [2.24, 2.45) is 11.3 Å². The number of anilines is 1. The highest BCUT2D eigenvalue weighted by Gasteiger charge is 2.72. The van der Waals surface area contributed by atoms with Gasteiger partial charge in [0.05, 0.1) is 30.3 Å². The molecule has 130 valence electrons. The second kappa shape index (κ2) is 4.91. The molecule has 11 heteroatoms. The van der Waals surface area contributed by atoms with Crippen molar-refractivity contribution in [3.8, 4) is 0 Å². The van der Waals surface area contributed by atoms with Crippen molar-refractivity contribution in [2.75, 3.05) is 11.9 Å². The Hall–Kier alpha value is -1.22. The second-order valence-corrected chi connectivity index (χ2v) is 8.68. The summed E-state index contributed by atoms with van der Waals surface area (Å²) in [6, 6.07) is 0.873. The van der Waals surface area contributed by atoms with Gasteiger partial charge in [-0.15, -0.1) is 0 Å². The molecule has 24 heavy (non-hydrogen) atoms. The summed E-state index contributed by atoms with van der Waals surface area (Å²) in [5.74, 6) is -0.283. The van der Waals surface area contributed by atoms with Gasteiger partial charge in [-0.1, -0.05) is 11.6 Å². The number of aliphatic hydroxyl groups is 2. The lowest BCUT2D eigenvalue weighted by molar-refractivity contribution is -0.0137. The lowest BCUT2D eigenvalue weighted by atomic mass is 10.0. The molecule has 6 N–H and O–H groups in total. The zero-order chi connectivity index (χ0) is 17.4. The van der Waals surface area contributed by atoms with Gasteiger partial charge in [0, 0.05) is 11.5 Å². The molecule has 0 spiro atoms. The van der Waals surface area contributed by atoms with E-state index < -0.39 is 37.4 Å². The second-order valence-electron chi connectivity index (χ2n) is 6.65. The summed E-state index contributed by atoms with van der Waals surface area (Å²) in [5.41, 5.74) is 6.03. The van der Waals surface area contributed by atoms with Gasteiger partial charge in [-0.05, 0) is 12.3 Å². The van der Waals surface area contributed by atoms with E-state index in [0.717, 1.165) is 0 Å². The monoisotopic (exact) mass is 374 g/mol. The molecule has 5 atom stereocenters. The van der Waals surface area contributed by atoms with Gasteiger partial charge in [-0.25, -0.2) is 9.97 Å². The number of rotatable bonds is 3. The lowest BCUT2D eigenvalue weighted by Gasteiger charge is -2.24. The summed E-state index contributed by atoms with van der Waals surface area (Å²) < 4.78 is 13.0. The Labute approximate surface area is 141 Å². The van der Waals surface area contributed by atoms with E-state index in [1.807, 2.05) is 0 Å². The predicted octanol–water partition coefficient (Wildman–Crippen LogP) is 0.127. The molecule has 4 rings (SSSR count). The maximum absolute atomic E-state index is 11.4. The van der Waals surface area contributed by atoms with E-state index in [1.54, 1.807) is 4.57 Å². The highest BCUT2D eigenvalue weighted by molar-refractivity contribution is 7.51. The van der Waals surface area contributed by atoms with Crippen LogP contribution in [0.4, 0.5) is 5.69 Å². The fourth-order valence-electron chi connectivity index (χ4n) is 4.15. The third-order valence-electron chi connectivity index (χ3n) is 5.20. The smallest absolute Gasteiger partial charge is 0.326 e. The number of hydrogen-bond donors (Lipinski definition) is 5. The van der Waals surface area contributed by atoms with Crippen LogP contribution in [-0.4, -0.2) is 52.9 Å². The summed E-state index contributed by atoms with van der Waals surface area (Å²) >= 11 is 5.94.